The van der Waals surface area contributed by atoms with Gasteiger partial charge in [-0.1, -0.05) is 84.2 Å². The summed E-state index contributed by atoms with van der Waals surface area (Å²) in [6, 6.07) is 11.2. The molecule has 0 aliphatic rings. The van der Waals surface area contributed by atoms with Crippen molar-refractivity contribution in [3.8, 4) is 0 Å². The lowest BCUT2D eigenvalue weighted by molar-refractivity contribution is 0.591. The highest BCUT2D eigenvalue weighted by Crippen LogP contribution is 2.63. The van der Waals surface area contributed by atoms with Gasteiger partial charge in [-0.15, -0.1) is 0 Å². The number of hydrogen-bond donors (Lipinski definition) is 0. The molecule has 0 aromatic heterocycles. The van der Waals surface area contributed by atoms with E-state index >= 15 is 0 Å². The van der Waals surface area contributed by atoms with Crippen molar-refractivity contribution in [2.24, 2.45) is 0 Å². The topological polar surface area (TPSA) is 0 Å². The Bertz CT molecular complexity index is 385. The summed E-state index contributed by atoms with van der Waals surface area (Å²) in [5.74, 6) is 0. The Morgan fingerprint density at radius 3 is 1.57 bits per heavy atom. The molecule has 0 heterocycles. The SMILES string of the molecule is CCCC[P+](CCCC)(CCCC)CC(C)(C)c1ccccc1. The molecule has 23 heavy (non-hydrogen) atoms. The maximum absolute atomic E-state index is 2.49. The van der Waals surface area contributed by atoms with E-state index in [0.29, 0.717) is 5.41 Å². The first-order chi connectivity index (χ1) is 11.0. The molecule has 0 amide bonds. The van der Waals surface area contributed by atoms with E-state index in [1.807, 2.05) is 0 Å². The summed E-state index contributed by atoms with van der Waals surface area (Å²) in [6.07, 6.45) is 14.4. The zero-order valence-electron chi connectivity index (χ0n) is 16.4. The Labute approximate surface area is 146 Å². The van der Waals surface area contributed by atoms with Gasteiger partial charge in [-0.25, -0.2) is 0 Å². The molecule has 0 spiro atoms. The van der Waals surface area contributed by atoms with Crippen molar-refractivity contribution in [2.45, 2.75) is 78.6 Å². The maximum atomic E-state index is 2.49. The Morgan fingerprint density at radius 1 is 0.739 bits per heavy atom. The largest absolute Gasteiger partial charge is 0.0685 e. The Balaban J connectivity index is 2.99. The van der Waals surface area contributed by atoms with Crippen LogP contribution in [0.4, 0.5) is 0 Å². The van der Waals surface area contributed by atoms with Gasteiger partial charge in [-0.3, -0.25) is 0 Å². The number of hydrogen-bond acceptors (Lipinski definition) is 0. The molecular weight excluding hydrogens is 295 g/mol. The van der Waals surface area contributed by atoms with Crippen LogP contribution in [0.1, 0.15) is 78.7 Å². The van der Waals surface area contributed by atoms with Crippen molar-refractivity contribution in [3.63, 3.8) is 0 Å². The molecule has 0 nitrogen and oxygen atoms in total. The smallest absolute Gasteiger partial charge is 0.0652 e. The van der Waals surface area contributed by atoms with Gasteiger partial charge in [0.2, 0.25) is 0 Å². The van der Waals surface area contributed by atoms with Crippen LogP contribution in [-0.4, -0.2) is 24.6 Å². The minimum absolute atomic E-state index is 0.324. The van der Waals surface area contributed by atoms with Crippen molar-refractivity contribution in [3.05, 3.63) is 35.9 Å². The van der Waals surface area contributed by atoms with Gasteiger partial charge >= 0.3 is 0 Å². The average molecular weight is 336 g/mol. The Hall–Kier alpha value is -0.350. The van der Waals surface area contributed by atoms with Gasteiger partial charge in [-0.05, 0) is 24.8 Å². The van der Waals surface area contributed by atoms with Gasteiger partial charge in [0.15, 0.2) is 0 Å². The zero-order chi connectivity index (χ0) is 17.2. The fourth-order valence-electron chi connectivity index (χ4n) is 3.87. The number of benzene rings is 1. The van der Waals surface area contributed by atoms with E-state index in [1.54, 1.807) is 0 Å². The molecule has 0 radical (unpaired) electrons. The molecule has 1 aromatic rings. The summed E-state index contributed by atoms with van der Waals surface area (Å²) < 4.78 is 0. The molecule has 0 aliphatic carbocycles. The predicted octanol–water partition coefficient (Wildman–Crippen LogP) is 7.38. The molecule has 1 heteroatoms. The van der Waals surface area contributed by atoms with Gasteiger partial charge in [0.1, 0.15) is 0 Å². The van der Waals surface area contributed by atoms with E-state index in [0.717, 1.165) is 0 Å². The van der Waals surface area contributed by atoms with Crippen molar-refractivity contribution >= 4 is 7.26 Å². The second-order valence-electron chi connectivity index (χ2n) is 7.98. The zero-order valence-corrected chi connectivity index (χ0v) is 17.3. The quantitative estimate of drug-likeness (QED) is 0.349. The first kappa shape index (κ1) is 20.7. The fourth-order valence-corrected chi connectivity index (χ4v) is 9.84. The molecule has 1 rings (SSSR count). The fraction of sp³-hybridized carbons (Fsp3) is 0.727. The first-order valence-corrected chi connectivity index (χ1v) is 12.4. The molecule has 0 saturated heterocycles. The molecule has 0 unspecified atom stereocenters. The lowest BCUT2D eigenvalue weighted by Crippen LogP contribution is -2.28. The van der Waals surface area contributed by atoms with Gasteiger partial charge in [-0.2, -0.15) is 0 Å². The van der Waals surface area contributed by atoms with E-state index < -0.39 is 7.26 Å². The van der Waals surface area contributed by atoms with Crippen LogP contribution < -0.4 is 0 Å². The maximum Gasteiger partial charge on any atom is 0.0685 e. The lowest BCUT2D eigenvalue weighted by Gasteiger charge is -2.36. The number of rotatable bonds is 12. The highest BCUT2D eigenvalue weighted by atomic mass is 31.2. The summed E-state index contributed by atoms with van der Waals surface area (Å²) in [5, 5.41) is 0. The van der Waals surface area contributed by atoms with Crippen LogP contribution in [0.2, 0.25) is 0 Å². The van der Waals surface area contributed by atoms with E-state index in [1.165, 1.54) is 68.7 Å². The summed E-state index contributed by atoms with van der Waals surface area (Å²) in [4.78, 5) is 0. The van der Waals surface area contributed by atoms with E-state index in [4.69, 9.17) is 0 Å². The Morgan fingerprint density at radius 2 is 1.17 bits per heavy atom. The second-order valence-corrected chi connectivity index (χ2v) is 12.3. The van der Waals surface area contributed by atoms with Crippen molar-refractivity contribution in [2.75, 3.05) is 24.6 Å². The minimum atomic E-state index is -0.833. The van der Waals surface area contributed by atoms with Crippen LogP contribution in [0.25, 0.3) is 0 Å². The third-order valence-corrected chi connectivity index (χ3v) is 10.5. The van der Waals surface area contributed by atoms with Crippen LogP contribution in [0, 0.1) is 0 Å². The van der Waals surface area contributed by atoms with Crippen LogP contribution in [-0.2, 0) is 5.41 Å². The van der Waals surface area contributed by atoms with Gasteiger partial charge in [0.25, 0.3) is 0 Å². The van der Waals surface area contributed by atoms with E-state index in [2.05, 4.69) is 65.0 Å². The van der Waals surface area contributed by atoms with E-state index in [9.17, 15) is 0 Å². The third kappa shape index (κ3) is 6.96. The molecule has 0 aliphatic heterocycles. The molecular formula is C22H40P+. The van der Waals surface area contributed by atoms with E-state index in [-0.39, 0.29) is 0 Å². The summed E-state index contributed by atoms with van der Waals surface area (Å²) in [5.41, 5.74) is 1.86. The van der Waals surface area contributed by atoms with Crippen LogP contribution >= 0.6 is 7.26 Å². The third-order valence-electron chi connectivity index (χ3n) is 5.24. The lowest BCUT2D eigenvalue weighted by atomic mass is 9.87. The molecule has 0 fully saturated rings. The molecule has 0 N–H and O–H groups in total. The van der Waals surface area contributed by atoms with Crippen LogP contribution in [0.15, 0.2) is 30.3 Å². The Kier molecular flexibility index (Phi) is 9.45. The highest BCUT2D eigenvalue weighted by molar-refractivity contribution is 7.75. The normalized spacial score (nSPS) is 12.6. The summed E-state index contributed by atoms with van der Waals surface area (Å²) >= 11 is 0. The molecule has 1 aromatic carbocycles. The highest BCUT2D eigenvalue weighted by Gasteiger charge is 2.41. The molecule has 0 atom stereocenters. The van der Waals surface area contributed by atoms with Crippen molar-refractivity contribution < 1.29 is 0 Å². The van der Waals surface area contributed by atoms with Gasteiger partial charge < -0.3 is 0 Å². The van der Waals surface area contributed by atoms with Crippen LogP contribution in [0.5, 0.6) is 0 Å². The number of unbranched alkanes of at least 4 members (excludes halogenated alkanes) is 3. The van der Waals surface area contributed by atoms with Crippen molar-refractivity contribution in [1.82, 2.24) is 0 Å². The monoisotopic (exact) mass is 335 g/mol. The summed E-state index contributed by atoms with van der Waals surface area (Å²) in [7, 11) is -0.833. The molecule has 0 bridgehead atoms. The second kappa shape index (κ2) is 10.5. The first-order valence-electron chi connectivity index (χ1n) is 9.90. The minimum Gasteiger partial charge on any atom is -0.0652 e. The standard InChI is InChI=1S/C22H40P/c1-6-9-17-23(18-10-7-2,19-11-8-3)20-22(4,5)21-15-13-12-14-16-21/h12-16H,6-11,17-20H2,1-5H3/q+1. The van der Waals surface area contributed by atoms with Crippen molar-refractivity contribution in [1.29, 1.82) is 0 Å². The molecule has 132 valence electrons. The van der Waals surface area contributed by atoms with Crippen LogP contribution in [0.3, 0.4) is 0 Å². The van der Waals surface area contributed by atoms with Gasteiger partial charge in [0.05, 0.1) is 24.6 Å². The predicted molar refractivity (Wildman–Crippen MR) is 111 cm³/mol. The van der Waals surface area contributed by atoms with Gasteiger partial charge in [0, 0.05) is 12.7 Å². The average Bonchev–Trinajstić information content (AvgIpc) is 2.56. The molecule has 0 saturated carbocycles. The summed E-state index contributed by atoms with van der Waals surface area (Å²) in [6.45, 7) is 12.0.